The molecule has 2 bridgehead atoms. The number of epoxide rings is 1. The first-order chi connectivity index (χ1) is 11.8. The van der Waals surface area contributed by atoms with Gasteiger partial charge < -0.3 is 24.4 Å². The fraction of sp³-hybridized carbons (Fsp3) is 0.737. The van der Waals surface area contributed by atoms with Gasteiger partial charge >= 0.3 is 5.97 Å². The molecule has 1 spiro atoms. The van der Waals surface area contributed by atoms with Crippen molar-refractivity contribution in [3.8, 4) is 0 Å². The normalized spacial score (nSPS) is 50.7. The minimum absolute atomic E-state index is 0.128. The Kier molecular flexibility index (Phi) is 3.71. The van der Waals surface area contributed by atoms with Crippen molar-refractivity contribution in [2.45, 2.75) is 63.6 Å². The molecule has 7 atom stereocenters. The van der Waals surface area contributed by atoms with Gasteiger partial charge in [0.2, 0.25) is 0 Å². The lowest BCUT2D eigenvalue weighted by Crippen LogP contribution is -2.66. The van der Waals surface area contributed by atoms with Crippen LogP contribution in [0.2, 0.25) is 0 Å². The van der Waals surface area contributed by atoms with Gasteiger partial charge in [-0.3, -0.25) is 0 Å². The van der Waals surface area contributed by atoms with E-state index in [1.807, 2.05) is 13.8 Å². The van der Waals surface area contributed by atoms with Gasteiger partial charge in [-0.05, 0) is 26.7 Å². The Morgan fingerprint density at radius 2 is 2.20 bits per heavy atom. The van der Waals surface area contributed by atoms with E-state index in [1.54, 1.807) is 13.0 Å². The highest BCUT2D eigenvalue weighted by molar-refractivity contribution is 5.81. The van der Waals surface area contributed by atoms with Crippen molar-refractivity contribution in [3.63, 3.8) is 0 Å². The van der Waals surface area contributed by atoms with Gasteiger partial charge in [0.25, 0.3) is 0 Å². The molecule has 0 unspecified atom stereocenters. The molecule has 0 amide bonds. The smallest absolute Gasteiger partial charge is 0.330 e. The van der Waals surface area contributed by atoms with E-state index in [1.165, 1.54) is 11.6 Å². The van der Waals surface area contributed by atoms with Crippen molar-refractivity contribution >= 4 is 5.97 Å². The molecule has 2 heterocycles. The van der Waals surface area contributed by atoms with Gasteiger partial charge in [0.1, 0.15) is 24.4 Å². The van der Waals surface area contributed by atoms with Crippen LogP contribution in [0, 0.1) is 10.8 Å². The molecule has 0 aromatic rings. The van der Waals surface area contributed by atoms with Crippen molar-refractivity contribution in [3.05, 3.63) is 23.8 Å². The predicted molar refractivity (Wildman–Crippen MR) is 88.7 cm³/mol. The fourth-order valence-electron chi connectivity index (χ4n) is 5.41. The van der Waals surface area contributed by atoms with Crippen LogP contribution < -0.4 is 0 Å². The third-order valence-electron chi connectivity index (χ3n) is 7.07. The molecule has 4 rings (SSSR count). The van der Waals surface area contributed by atoms with Gasteiger partial charge in [0, 0.05) is 16.9 Å². The highest BCUT2D eigenvalue weighted by Gasteiger charge is 2.84. The number of aliphatic hydroxyl groups excluding tert-OH is 2. The van der Waals surface area contributed by atoms with Crippen LogP contribution in [0.4, 0.5) is 0 Å². The highest BCUT2D eigenvalue weighted by Crippen LogP contribution is 2.71. The van der Waals surface area contributed by atoms with E-state index in [4.69, 9.17) is 14.2 Å². The number of allylic oxidation sites excluding steroid dienone is 2. The molecule has 0 aromatic carbocycles. The Labute approximate surface area is 147 Å². The summed E-state index contributed by atoms with van der Waals surface area (Å²) in [6.45, 7) is 6.34. The van der Waals surface area contributed by atoms with E-state index in [-0.39, 0.29) is 12.7 Å². The van der Waals surface area contributed by atoms with Crippen LogP contribution in [0.5, 0.6) is 0 Å². The topological polar surface area (TPSA) is 88.5 Å². The molecule has 1 saturated carbocycles. The van der Waals surface area contributed by atoms with E-state index in [0.717, 1.165) is 6.42 Å². The number of rotatable bonds is 3. The van der Waals surface area contributed by atoms with Crippen molar-refractivity contribution < 1.29 is 29.2 Å². The molecule has 6 heteroatoms. The Morgan fingerprint density at radius 3 is 2.84 bits per heavy atom. The SMILES string of the molecule is C/C=C/C(=O)OC[C@]12CCC(C)=C[C@H]1O[C@@H]1[C@H](O)[C@@H](O)[C@@]2(C)[C@@]12CO2. The summed E-state index contributed by atoms with van der Waals surface area (Å²) in [7, 11) is 0. The van der Waals surface area contributed by atoms with E-state index < -0.39 is 40.7 Å². The zero-order valence-electron chi connectivity index (χ0n) is 14.9. The lowest BCUT2D eigenvalue weighted by atomic mass is 9.51. The summed E-state index contributed by atoms with van der Waals surface area (Å²) in [5.74, 6) is -0.411. The first-order valence-corrected chi connectivity index (χ1v) is 8.95. The first kappa shape index (κ1) is 17.2. The summed E-state index contributed by atoms with van der Waals surface area (Å²) < 4.78 is 17.6. The first-order valence-electron chi connectivity index (χ1n) is 8.95. The van der Waals surface area contributed by atoms with Crippen LogP contribution in [0.15, 0.2) is 23.8 Å². The summed E-state index contributed by atoms with van der Waals surface area (Å²) in [6.07, 6.45) is 3.74. The fourth-order valence-corrected chi connectivity index (χ4v) is 5.41. The van der Waals surface area contributed by atoms with Crippen molar-refractivity contribution in [2.24, 2.45) is 10.8 Å². The summed E-state index contributed by atoms with van der Waals surface area (Å²) in [5, 5.41) is 21.6. The standard InChI is InChI=1S/C19H26O6/c1-4-5-13(20)23-9-18-7-6-11(2)8-12(18)25-16-14(21)15(22)17(18,3)19(16)10-24-19/h4-5,8,12,14-16,21-22H,6-7,9-10H2,1-3H3/b5-4+/t12-,14-,15-,16-,17-,18-,19-/m1/s1. The molecule has 25 heavy (non-hydrogen) atoms. The second kappa shape index (κ2) is 5.39. The summed E-state index contributed by atoms with van der Waals surface area (Å²) in [5.41, 5.74) is -0.872. The maximum absolute atomic E-state index is 11.9. The molecule has 3 fully saturated rings. The Bertz CT molecular complexity index is 650. The zero-order valence-corrected chi connectivity index (χ0v) is 14.9. The number of carbonyl (C=O) groups is 1. The molecule has 0 aromatic heterocycles. The third-order valence-corrected chi connectivity index (χ3v) is 7.07. The Balaban J connectivity index is 1.78. The van der Waals surface area contributed by atoms with Crippen molar-refractivity contribution in [1.82, 2.24) is 0 Å². The molecule has 2 aliphatic carbocycles. The number of hydrogen-bond donors (Lipinski definition) is 2. The number of carbonyl (C=O) groups excluding carboxylic acids is 1. The van der Waals surface area contributed by atoms with Crippen molar-refractivity contribution in [2.75, 3.05) is 13.2 Å². The summed E-state index contributed by atoms with van der Waals surface area (Å²) in [6, 6.07) is 0. The monoisotopic (exact) mass is 350 g/mol. The van der Waals surface area contributed by atoms with Crippen LogP contribution in [-0.4, -0.2) is 59.4 Å². The Morgan fingerprint density at radius 1 is 1.48 bits per heavy atom. The van der Waals surface area contributed by atoms with Crippen LogP contribution in [-0.2, 0) is 19.0 Å². The molecule has 6 nitrogen and oxygen atoms in total. The lowest BCUT2D eigenvalue weighted by molar-refractivity contribution is -0.230. The van der Waals surface area contributed by atoms with Crippen LogP contribution in [0.25, 0.3) is 0 Å². The molecule has 138 valence electrons. The van der Waals surface area contributed by atoms with Crippen LogP contribution in [0.3, 0.4) is 0 Å². The van der Waals surface area contributed by atoms with Gasteiger partial charge in [0.15, 0.2) is 0 Å². The third kappa shape index (κ3) is 1.97. The molecule has 2 N–H and O–H groups in total. The lowest BCUT2D eigenvalue weighted by Gasteiger charge is -2.57. The van der Waals surface area contributed by atoms with Gasteiger partial charge in [-0.25, -0.2) is 4.79 Å². The average molecular weight is 350 g/mol. The van der Waals surface area contributed by atoms with Gasteiger partial charge in [0.05, 0.1) is 18.8 Å². The molecule has 2 aliphatic heterocycles. The molecule has 4 aliphatic rings. The van der Waals surface area contributed by atoms with Gasteiger partial charge in [-0.15, -0.1) is 0 Å². The largest absolute Gasteiger partial charge is 0.462 e. The average Bonchev–Trinajstić information content (AvgIpc) is 3.36. The number of ether oxygens (including phenoxy) is 3. The summed E-state index contributed by atoms with van der Waals surface area (Å²) in [4.78, 5) is 11.9. The van der Waals surface area contributed by atoms with E-state index >= 15 is 0 Å². The Hall–Kier alpha value is -1.21. The second-order valence-corrected chi connectivity index (χ2v) is 8.07. The maximum atomic E-state index is 11.9. The maximum Gasteiger partial charge on any atom is 0.330 e. The predicted octanol–water partition coefficient (Wildman–Crippen LogP) is 1.11. The number of aliphatic hydroxyl groups is 2. The molecule has 0 radical (unpaired) electrons. The molecular weight excluding hydrogens is 324 g/mol. The van der Waals surface area contributed by atoms with E-state index in [9.17, 15) is 15.0 Å². The van der Waals surface area contributed by atoms with Crippen LogP contribution in [0.1, 0.15) is 33.6 Å². The minimum atomic E-state index is -1.00. The van der Waals surface area contributed by atoms with Crippen molar-refractivity contribution in [1.29, 1.82) is 0 Å². The number of esters is 1. The number of fused-ring (bicyclic) bond motifs is 2. The van der Waals surface area contributed by atoms with E-state index in [2.05, 4.69) is 6.08 Å². The summed E-state index contributed by atoms with van der Waals surface area (Å²) >= 11 is 0. The van der Waals surface area contributed by atoms with Crippen LogP contribution >= 0.6 is 0 Å². The second-order valence-electron chi connectivity index (χ2n) is 8.07. The quantitative estimate of drug-likeness (QED) is 0.343. The van der Waals surface area contributed by atoms with Gasteiger partial charge in [-0.1, -0.05) is 24.6 Å². The molecule has 2 saturated heterocycles. The molecular formula is C19H26O6. The van der Waals surface area contributed by atoms with Gasteiger partial charge in [-0.2, -0.15) is 0 Å². The van der Waals surface area contributed by atoms with E-state index in [0.29, 0.717) is 13.0 Å². The highest BCUT2D eigenvalue weighted by atomic mass is 16.6. The zero-order chi connectivity index (χ0) is 18.0. The number of hydrogen-bond acceptors (Lipinski definition) is 6. The minimum Gasteiger partial charge on any atom is -0.462 e.